The molecule has 158 valence electrons. The van der Waals surface area contributed by atoms with E-state index in [1.807, 2.05) is 37.3 Å². The average Bonchev–Trinajstić information content (AvgIpc) is 3.13. The summed E-state index contributed by atoms with van der Waals surface area (Å²) in [5, 5.41) is 40.3. The van der Waals surface area contributed by atoms with E-state index in [4.69, 9.17) is 4.74 Å². The first-order valence-electron chi connectivity index (χ1n) is 10.2. The van der Waals surface area contributed by atoms with Gasteiger partial charge in [-0.1, -0.05) is 49.1 Å². The molecule has 1 fully saturated rings. The van der Waals surface area contributed by atoms with Crippen LogP contribution in [-0.4, -0.2) is 50.6 Å². The molecule has 0 aromatic heterocycles. The van der Waals surface area contributed by atoms with Crippen LogP contribution in [0.25, 0.3) is 0 Å². The van der Waals surface area contributed by atoms with Crippen LogP contribution in [0.4, 0.5) is 0 Å². The summed E-state index contributed by atoms with van der Waals surface area (Å²) in [6.07, 6.45) is -2.37. The van der Waals surface area contributed by atoms with Gasteiger partial charge in [0.15, 0.2) is 4.93 Å². The second-order valence-electron chi connectivity index (χ2n) is 7.74. The molecule has 2 aliphatic rings. The molecule has 0 radical (unpaired) electrons. The van der Waals surface area contributed by atoms with Gasteiger partial charge >= 0.3 is 0 Å². The van der Waals surface area contributed by atoms with Crippen molar-refractivity contribution in [1.29, 1.82) is 0 Å². The van der Waals surface area contributed by atoms with Crippen molar-refractivity contribution < 1.29 is 25.2 Å². The van der Waals surface area contributed by atoms with E-state index in [-0.39, 0.29) is 6.61 Å². The molecule has 0 unspecified atom stereocenters. The Kier molecular flexibility index (Phi) is 6.21. The second-order valence-corrected chi connectivity index (χ2v) is 9.19. The summed E-state index contributed by atoms with van der Waals surface area (Å²) in [6.45, 7) is 2.02. The fourth-order valence-corrected chi connectivity index (χ4v) is 5.61. The van der Waals surface area contributed by atoms with Crippen LogP contribution < -0.4 is 0 Å². The van der Waals surface area contributed by atoms with Crippen molar-refractivity contribution in [3.05, 3.63) is 70.3 Å². The highest BCUT2D eigenvalue weighted by Crippen LogP contribution is 2.54. The number of fused-ring (bicyclic) bond motifs is 2. The summed E-state index contributed by atoms with van der Waals surface area (Å²) in [4.78, 5) is -1.20. The first-order valence-corrected chi connectivity index (χ1v) is 11.0. The standard InChI is InChI=1S/C24H26O5S/c1-2-3-4-15-5-7-16(8-6-15)11-17-9-10-18-14-29-24(19(18)12-17)23(28)22(27)21(26)20(13-25)30-24/h5-10,12,20-23,25-28H,2,11,13-14H2,1H3/t20-,21-,22+,23-,24+/m1/s1. The predicted molar refractivity (Wildman–Crippen MR) is 116 cm³/mol. The normalized spacial score (nSPS) is 30.0. The Morgan fingerprint density at radius 2 is 1.80 bits per heavy atom. The number of hydrogen-bond donors (Lipinski definition) is 4. The van der Waals surface area contributed by atoms with Gasteiger partial charge in [0.2, 0.25) is 0 Å². The molecule has 0 saturated carbocycles. The highest BCUT2D eigenvalue weighted by atomic mass is 32.2. The quantitative estimate of drug-likeness (QED) is 0.561. The van der Waals surface area contributed by atoms with Crippen molar-refractivity contribution in [1.82, 2.24) is 0 Å². The summed E-state index contributed by atoms with van der Waals surface area (Å²) in [7, 11) is 0. The van der Waals surface area contributed by atoms with Gasteiger partial charge in [0, 0.05) is 17.5 Å². The van der Waals surface area contributed by atoms with Crippen LogP contribution in [0, 0.1) is 11.8 Å². The zero-order valence-corrected chi connectivity index (χ0v) is 17.6. The van der Waals surface area contributed by atoms with E-state index in [9.17, 15) is 20.4 Å². The molecule has 1 spiro atoms. The molecule has 2 aliphatic heterocycles. The fourth-order valence-electron chi connectivity index (χ4n) is 4.06. The number of aliphatic hydroxyl groups is 4. The van der Waals surface area contributed by atoms with E-state index < -0.39 is 28.5 Å². The van der Waals surface area contributed by atoms with Gasteiger partial charge in [0.05, 0.1) is 24.6 Å². The molecule has 0 aliphatic carbocycles. The minimum absolute atomic E-state index is 0.311. The van der Waals surface area contributed by atoms with Crippen LogP contribution in [0.3, 0.4) is 0 Å². The molecule has 5 nitrogen and oxygen atoms in total. The Balaban J connectivity index is 1.62. The minimum Gasteiger partial charge on any atom is -0.395 e. The molecular formula is C24H26O5S. The first-order chi connectivity index (χ1) is 14.5. The zero-order valence-electron chi connectivity index (χ0n) is 16.8. The van der Waals surface area contributed by atoms with E-state index in [1.165, 1.54) is 11.8 Å². The number of ether oxygens (including phenoxy) is 1. The molecule has 2 aromatic carbocycles. The van der Waals surface area contributed by atoms with Crippen LogP contribution in [0.2, 0.25) is 0 Å². The lowest BCUT2D eigenvalue weighted by atomic mass is 9.91. The average molecular weight is 427 g/mol. The Labute approximate surface area is 180 Å². The maximum atomic E-state index is 10.8. The summed E-state index contributed by atoms with van der Waals surface area (Å²) >= 11 is 1.18. The van der Waals surface area contributed by atoms with Gasteiger partial charge in [-0.25, -0.2) is 0 Å². The van der Waals surface area contributed by atoms with Gasteiger partial charge in [-0.3, -0.25) is 0 Å². The van der Waals surface area contributed by atoms with E-state index in [1.54, 1.807) is 0 Å². The van der Waals surface area contributed by atoms with E-state index in [0.29, 0.717) is 13.0 Å². The van der Waals surface area contributed by atoms with Gasteiger partial charge in [0.1, 0.15) is 12.2 Å². The maximum absolute atomic E-state index is 10.8. The van der Waals surface area contributed by atoms with E-state index in [0.717, 1.165) is 34.2 Å². The van der Waals surface area contributed by atoms with Crippen LogP contribution in [0.1, 0.15) is 41.2 Å². The monoisotopic (exact) mass is 426 g/mol. The van der Waals surface area contributed by atoms with Crippen molar-refractivity contribution in [2.24, 2.45) is 0 Å². The molecule has 1 saturated heterocycles. The lowest BCUT2D eigenvalue weighted by molar-refractivity contribution is -0.147. The molecule has 4 N–H and O–H groups in total. The minimum atomic E-state index is -1.39. The molecule has 4 rings (SSSR count). The van der Waals surface area contributed by atoms with Crippen molar-refractivity contribution in [3.63, 3.8) is 0 Å². The third kappa shape index (κ3) is 3.78. The lowest BCUT2D eigenvalue weighted by Crippen LogP contribution is -2.58. The first kappa shape index (κ1) is 21.4. The second kappa shape index (κ2) is 8.72. The third-order valence-electron chi connectivity index (χ3n) is 5.71. The largest absolute Gasteiger partial charge is 0.395 e. The highest BCUT2D eigenvalue weighted by Gasteiger charge is 2.57. The molecule has 30 heavy (non-hydrogen) atoms. The number of aliphatic hydroxyl groups excluding tert-OH is 4. The summed E-state index contributed by atoms with van der Waals surface area (Å²) < 4.78 is 5.99. The van der Waals surface area contributed by atoms with E-state index in [2.05, 4.69) is 24.0 Å². The molecule has 2 aromatic rings. The van der Waals surface area contributed by atoms with Gasteiger partial charge in [-0.15, -0.1) is 11.8 Å². The van der Waals surface area contributed by atoms with Gasteiger partial charge < -0.3 is 25.2 Å². The number of rotatable bonds is 3. The third-order valence-corrected chi connectivity index (χ3v) is 7.37. The SMILES string of the molecule is CCC#Cc1ccc(Cc2ccc3c(c2)[C@]2(OC3)S[C@H](CO)[C@@H](O)[C@H](O)[C@H]2O)cc1. The molecule has 2 heterocycles. The Bertz CT molecular complexity index is 962. The molecule has 0 amide bonds. The van der Waals surface area contributed by atoms with E-state index >= 15 is 0 Å². The molecule has 5 atom stereocenters. The molecule has 0 bridgehead atoms. The van der Waals surface area contributed by atoms with Crippen molar-refractivity contribution >= 4 is 11.8 Å². The molecular weight excluding hydrogens is 400 g/mol. The van der Waals surface area contributed by atoms with Crippen LogP contribution in [0.15, 0.2) is 42.5 Å². The summed E-state index contributed by atoms with van der Waals surface area (Å²) in [5.41, 5.74) is 4.93. The Morgan fingerprint density at radius 3 is 2.50 bits per heavy atom. The van der Waals surface area contributed by atoms with Gasteiger partial charge in [0.25, 0.3) is 0 Å². The van der Waals surface area contributed by atoms with Crippen LogP contribution in [0.5, 0.6) is 0 Å². The Hall–Kier alpha value is -1.85. The number of benzene rings is 2. The topological polar surface area (TPSA) is 90.2 Å². The smallest absolute Gasteiger partial charge is 0.168 e. The maximum Gasteiger partial charge on any atom is 0.168 e. The van der Waals surface area contributed by atoms with Crippen LogP contribution >= 0.6 is 11.8 Å². The molecule has 6 heteroatoms. The van der Waals surface area contributed by atoms with Crippen LogP contribution in [-0.2, 0) is 22.7 Å². The highest BCUT2D eigenvalue weighted by molar-refractivity contribution is 8.00. The fraction of sp³-hybridized carbons (Fsp3) is 0.417. The summed E-state index contributed by atoms with van der Waals surface area (Å²) in [6, 6.07) is 14.2. The Morgan fingerprint density at radius 1 is 1.07 bits per heavy atom. The number of thioether (sulfide) groups is 1. The van der Waals surface area contributed by atoms with Gasteiger partial charge in [-0.2, -0.15) is 0 Å². The van der Waals surface area contributed by atoms with Crippen molar-refractivity contribution in [3.8, 4) is 11.8 Å². The predicted octanol–water partition coefficient (Wildman–Crippen LogP) is 1.91. The zero-order chi connectivity index (χ0) is 21.3. The lowest BCUT2D eigenvalue weighted by Gasteiger charge is -2.45. The van der Waals surface area contributed by atoms with Gasteiger partial charge in [-0.05, 0) is 35.2 Å². The number of hydrogen-bond acceptors (Lipinski definition) is 6. The van der Waals surface area contributed by atoms with Crippen molar-refractivity contribution in [2.75, 3.05) is 6.61 Å². The summed E-state index contributed by atoms with van der Waals surface area (Å²) in [5.74, 6) is 6.19. The van der Waals surface area contributed by atoms with Crippen molar-refractivity contribution in [2.45, 2.75) is 54.9 Å².